The lowest BCUT2D eigenvalue weighted by Crippen LogP contribution is -2.66. The third kappa shape index (κ3) is 2.98. The summed E-state index contributed by atoms with van der Waals surface area (Å²) in [6.45, 7) is 3.08. The number of amides is 1. The van der Waals surface area contributed by atoms with Gasteiger partial charge in [0.2, 0.25) is 5.91 Å². The Balaban J connectivity index is 2.93. The number of ether oxygens (including phenoxy) is 2. The molecule has 0 aromatic rings. The van der Waals surface area contributed by atoms with Crippen LogP contribution in [0.1, 0.15) is 20.3 Å². The van der Waals surface area contributed by atoms with Crippen molar-refractivity contribution in [1.82, 2.24) is 5.32 Å². The third-order valence-corrected chi connectivity index (χ3v) is 3.00. The highest BCUT2D eigenvalue weighted by Gasteiger charge is 2.45. The summed E-state index contributed by atoms with van der Waals surface area (Å²) < 4.78 is 10.3. The standard InChI is InChI=1S/C11H19NO6/c1-4-6-7(12-5(2)13)8(14)9(17-3)10(18-6)11(15)16/h6-10,14H,4H2,1-3H3,(H,12,13)(H,15,16)/p-1. The molecule has 0 aromatic heterocycles. The fourth-order valence-electron chi connectivity index (χ4n) is 2.17. The van der Waals surface area contributed by atoms with E-state index >= 15 is 0 Å². The van der Waals surface area contributed by atoms with Crippen LogP contribution in [0, 0.1) is 0 Å². The van der Waals surface area contributed by atoms with Gasteiger partial charge in [-0.25, -0.2) is 0 Å². The topological polar surface area (TPSA) is 108 Å². The monoisotopic (exact) mass is 260 g/mol. The molecule has 0 saturated carbocycles. The van der Waals surface area contributed by atoms with Crippen molar-refractivity contribution in [3.63, 3.8) is 0 Å². The van der Waals surface area contributed by atoms with Gasteiger partial charge in [-0.05, 0) is 6.42 Å². The van der Waals surface area contributed by atoms with E-state index in [2.05, 4.69) is 5.32 Å². The number of aliphatic hydroxyl groups excluding tert-OH is 1. The van der Waals surface area contributed by atoms with E-state index in [0.717, 1.165) is 0 Å². The lowest BCUT2D eigenvalue weighted by molar-refractivity contribution is -0.330. The Morgan fingerprint density at radius 3 is 2.50 bits per heavy atom. The van der Waals surface area contributed by atoms with Crippen LogP contribution < -0.4 is 10.4 Å². The van der Waals surface area contributed by atoms with Crippen molar-refractivity contribution in [3.8, 4) is 0 Å². The first kappa shape index (κ1) is 14.9. The van der Waals surface area contributed by atoms with Gasteiger partial charge in [0, 0.05) is 14.0 Å². The molecule has 0 aliphatic carbocycles. The predicted molar refractivity (Wildman–Crippen MR) is 58.4 cm³/mol. The Labute approximate surface area is 105 Å². The lowest BCUT2D eigenvalue weighted by atomic mass is 9.91. The van der Waals surface area contributed by atoms with Gasteiger partial charge in [0.15, 0.2) is 0 Å². The largest absolute Gasteiger partial charge is 0.547 e. The van der Waals surface area contributed by atoms with Crippen molar-refractivity contribution in [2.24, 2.45) is 0 Å². The summed E-state index contributed by atoms with van der Waals surface area (Å²) in [4.78, 5) is 22.0. The smallest absolute Gasteiger partial charge is 0.217 e. The zero-order chi connectivity index (χ0) is 13.9. The predicted octanol–water partition coefficient (Wildman–Crippen LogP) is -2.21. The number of carboxylic acid groups (broad SMARTS) is 1. The van der Waals surface area contributed by atoms with Crippen LogP contribution in [0.5, 0.6) is 0 Å². The second-order valence-corrected chi connectivity index (χ2v) is 4.24. The first-order chi connectivity index (χ1) is 8.42. The zero-order valence-electron chi connectivity index (χ0n) is 10.6. The summed E-state index contributed by atoms with van der Waals surface area (Å²) in [5.74, 6) is -1.77. The lowest BCUT2D eigenvalue weighted by Gasteiger charge is -2.44. The van der Waals surface area contributed by atoms with Gasteiger partial charge in [0.25, 0.3) is 0 Å². The van der Waals surface area contributed by atoms with Crippen LogP contribution in [-0.4, -0.2) is 54.6 Å². The Morgan fingerprint density at radius 1 is 1.50 bits per heavy atom. The minimum Gasteiger partial charge on any atom is -0.547 e. The summed E-state index contributed by atoms with van der Waals surface area (Å²) in [6.07, 6.45) is -3.74. The summed E-state index contributed by atoms with van der Waals surface area (Å²) in [5, 5.41) is 23.6. The van der Waals surface area contributed by atoms with Gasteiger partial charge in [-0.2, -0.15) is 0 Å². The summed E-state index contributed by atoms with van der Waals surface area (Å²) in [5.41, 5.74) is 0. The van der Waals surface area contributed by atoms with E-state index in [1.807, 2.05) is 0 Å². The van der Waals surface area contributed by atoms with Gasteiger partial charge in [0.05, 0.1) is 18.1 Å². The molecule has 1 aliphatic heterocycles. The van der Waals surface area contributed by atoms with E-state index in [4.69, 9.17) is 9.47 Å². The molecule has 1 rings (SSSR count). The maximum Gasteiger partial charge on any atom is 0.217 e. The second kappa shape index (κ2) is 6.12. The quantitative estimate of drug-likeness (QED) is 0.593. The minimum atomic E-state index is -1.44. The van der Waals surface area contributed by atoms with E-state index in [1.165, 1.54) is 14.0 Å². The number of aliphatic hydroxyl groups is 1. The van der Waals surface area contributed by atoms with Crippen LogP contribution in [0.4, 0.5) is 0 Å². The number of aliphatic carboxylic acids is 1. The SMILES string of the molecule is CCC1OC(C(=O)[O-])C(OC)C(O)C1NC(C)=O. The summed E-state index contributed by atoms with van der Waals surface area (Å²) >= 11 is 0. The molecule has 0 spiro atoms. The summed E-state index contributed by atoms with van der Waals surface area (Å²) in [6, 6.07) is -0.701. The third-order valence-electron chi connectivity index (χ3n) is 3.00. The first-order valence-electron chi connectivity index (χ1n) is 5.76. The highest BCUT2D eigenvalue weighted by molar-refractivity contribution is 5.74. The molecule has 5 unspecified atom stereocenters. The molecule has 0 bridgehead atoms. The van der Waals surface area contributed by atoms with E-state index in [0.29, 0.717) is 6.42 Å². The van der Waals surface area contributed by atoms with Gasteiger partial charge in [0.1, 0.15) is 18.3 Å². The number of rotatable bonds is 4. The molecule has 7 nitrogen and oxygen atoms in total. The fourth-order valence-corrected chi connectivity index (χ4v) is 2.17. The summed E-state index contributed by atoms with van der Waals surface area (Å²) in [7, 11) is 1.27. The van der Waals surface area contributed by atoms with Crippen LogP contribution in [0.25, 0.3) is 0 Å². The maximum absolute atomic E-state index is 11.1. The number of carbonyl (C=O) groups excluding carboxylic acids is 2. The Morgan fingerprint density at radius 2 is 2.11 bits per heavy atom. The van der Waals surface area contributed by atoms with Crippen LogP contribution >= 0.6 is 0 Å². The first-order valence-corrected chi connectivity index (χ1v) is 5.76. The molecular formula is C11H18NO6-. The average molecular weight is 260 g/mol. The van der Waals surface area contributed by atoms with Crippen LogP contribution in [-0.2, 0) is 19.1 Å². The van der Waals surface area contributed by atoms with Gasteiger partial charge in [-0.3, -0.25) is 4.79 Å². The molecule has 18 heavy (non-hydrogen) atoms. The van der Waals surface area contributed by atoms with Crippen LogP contribution in [0.3, 0.4) is 0 Å². The Kier molecular flexibility index (Phi) is 5.06. The molecular weight excluding hydrogens is 242 g/mol. The molecule has 2 N–H and O–H groups in total. The maximum atomic E-state index is 11.1. The number of carboxylic acids is 1. The van der Waals surface area contributed by atoms with Gasteiger partial charge < -0.3 is 29.8 Å². The molecule has 5 atom stereocenters. The van der Waals surface area contributed by atoms with Gasteiger partial charge in [-0.15, -0.1) is 0 Å². The molecule has 1 saturated heterocycles. The van der Waals surface area contributed by atoms with Gasteiger partial charge in [-0.1, -0.05) is 6.92 Å². The van der Waals surface area contributed by atoms with E-state index in [1.54, 1.807) is 6.92 Å². The Bertz CT molecular complexity index is 321. The Hall–Kier alpha value is -1.18. The molecule has 1 aliphatic rings. The van der Waals surface area contributed by atoms with Crippen LogP contribution in [0.2, 0.25) is 0 Å². The highest BCUT2D eigenvalue weighted by Crippen LogP contribution is 2.24. The zero-order valence-corrected chi connectivity index (χ0v) is 10.6. The highest BCUT2D eigenvalue weighted by atomic mass is 16.6. The van der Waals surface area contributed by atoms with Crippen molar-refractivity contribution < 1.29 is 29.3 Å². The number of methoxy groups -OCH3 is 1. The number of carbonyl (C=O) groups is 2. The van der Waals surface area contributed by atoms with Crippen molar-refractivity contribution in [1.29, 1.82) is 0 Å². The van der Waals surface area contributed by atoms with Crippen molar-refractivity contribution >= 4 is 11.9 Å². The molecule has 104 valence electrons. The van der Waals surface area contributed by atoms with Crippen molar-refractivity contribution in [2.75, 3.05) is 7.11 Å². The number of hydrogen-bond donors (Lipinski definition) is 2. The minimum absolute atomic E-state index is 0.331. The molecule has 0 radical (unpaired) electrons. The molecule has 1 heterocycles. The fraction of sp³-hybridized carbons (Fsp3) is 0.818. The second-order valence-electron chi connectivity index (χ2n) is 4.24. The van der Waals surface area contributed by atoms with E-state index < -0.39 is 36.4 Å². The molecule has 7 heteroatoms. The normalized spacial score (nSPS) is 36.1. The molecule has 1 fully saturated rings. The number of hydrogen-bond acceptors (Lipinski definition) is 6. The van der Waals surface area contributed by atoms with E-state index in [-0.39, 0.29) is 5.91 Å². The molecule has 0 aromatic carbocycles. The van der Waals surface area contributed by atoms with Crippen molar-refractivity contribution in [3.05, 3.63) is 0 Å². The van der Waals surface area contributed by atoms with Crippen LogP contribution in [0.15, 0.2) is 0 Å². The van der Waals surface area contributed by atoms with Gasteiger partial charge >= 0.3 is 0 Å². The average Bonchev–Trinajstić information content (AvgIpc) is 2.30. The van der Waals surface area contributed by atoms with Crippen molar-refractivity contribution in [2.45, 2.75) is 50.7 Å². The van der Waals surface area contributed by atoms with E-state index in [9.17, 15) is 19.8 Å². The number of nitrogens with one attached hydrogen (secondary N) is 1. The molecule has 1 amide bonds.